The smallest absolute Gasteiger partial charge is 0.311 e. The molecule has 0 saturated heterocycles. The largest absolute Gasteiger partial charge is 0.391 e. The number of nitrogen functional groups attached to an aromatic ring is 1. The van der Waals surface area contributed by atoms with Crippen molar-refractivity contribution in [3.8, 4) is 0 Å². The molecule has 0 aliphatic heterocycles. The van der Waals surface area contributed by atoms with Crippen LogP contribution < -0.4 is 11.1 Å². The van der Waals surface area contributed by atoms with Crippen molar-refractivity contribution >= 4 is 17.3 Å². The van der Waals surface area contributed by atoms with Crippen molar-refractivity contribution < 1.29 is 10.0 Å². The summed E-state index contributed by atoms with van der Waals surface area (Å²) >= 11 is 0. The molecule has 0 bridgehead atoms. The first-order chi connectivity index (χ1) is 8.58. The molecule has 0 radical (unpaired) electrons. The molecule has 7 heteroatoms. The predicted molar refractivity (Wildman–Crippen MR) is 67.2 cm³/mol. The monoisotopic (exact) mass is 252 g/mol. The van der Waals surface area contributed by atoms with E-state index < -0.39 is 11.0 Å². The predicted octanol–water partition coefficient (Wildman–Crippen LogP) is 1.29. The van der Waals surface area contributed by atoms with Gasteiger partial charge in [-0.3, -0.25) is 10.1 Å². The van der Waals surface area contributed by atoms with E-state index in [1.807, 2.05) is 0 Å². The van der Waals surface area contributed by atoms with Gasteiger partial charge >= 0.3 is 5.69 Å². The first-order valence-electron chi connectivity index (χ1n) is 5.93. The van der Waals surface area contributed by atoms with Gasteiger partial charge in [0.1, 0.15) is 5.82 Å². The molecule has 1 saturated carbocycles. The number of rotatable bonds is 3. The number of aliphatic hydroxyl groups is 1. The minimum atomic E-state index is -0.568. The molecule has 2 unspecified atom stereocenters. The summed E-state index contributed by atoms with van der Waals surface area (Å²) in [5.41, 5.74) is 5.30. The number of nitro groups is 1. The molecule has 98 valence electrons. The van der Waals surface area contributed by atoms with Gasteiger partial charge in [-0.1, -0.05) is 12.8 Å². The summed E-state index contributed by atoms with van der Waals surface area (Å²) in [5.74, 6) is 0.347. The lowest BCUT2D eigenvalue weighted by atomic mass is 9.92. The maximum Gasteiger partial charge on any atom is 0.311 e. The highest BCUT2D eigenvalue weighted by Gasteiger charge is 2.23. The highest BCUT2D eigenvalue weighted by atomic mass is 16.6. The van der Waals surface area contributed by atoms with Gasteiger partial charge in [0, 0.05) is 6.07 Å². The van der Waals surface area contributed by atoms with Crippen LogP contribution in [0.4, 0.5) is 17.3 Å². The maximum atomic E-state index is 10.6. The van der Waals surface area contributed by atoms with Crippen molar-refractivity contribution in [3.63, 3.8) is 0 Å². The lowest BCUT2D eigenvalue weighted by Crippen LogP contribution is -2.36. The molecule has 7 nitrogen and oxygen atoms in total. The van der Waals surface area contributed by atoms with Gasteiger partial charge < -0.3 is 16.2 Å². The van der Waals surface area contributed by atoms with E-state index in [0.717, 1.165) is 25.7 Å². The van der Waals surface area contributed by atoms with Crippen molar-refractivity contribution in [1.29, 1.82) is 0 Å². The first-order valence-corrected chi connectivity index (χ1v) is 5.93. The number of anilines is 2. The molecule has 0 aromatic carbocycles. The van der Waals surface area contributed by atoms with E-state index in [4.69, 9.17) is 5.73 Å². The summed E-state index contributed by atoms with van der Waals surface area (Å²) < 4.78 is 0. The third-order valence-electron chi connectivity index (χ3n) is 3.16. The van der Waals surface area contributed by atoms with Crippen molar-refractivity contribution in [2.24, 2.45) is 0 Å². The molecule has 0 spiro atoms. The molecule has 18 heavy (non-hydrogen) atoms. The number of pyridine rings is 1. The third kappa shape index (κ3) is 2.67. The van der Waals surface area contributed by atoms with Gasteiger partial charge in [0.05, 0.1) is 17.1 Å². The Morgan fingerprint density at radius 1 is 1.44 bits per heavy atom. The molecule has 0 amide bonds. The first kappa shape index (κ1) is 12.6. The second-order valence-electron chi connectivity index (χ2n) is 4.46. The number of hydrogen-bond donors (Lipinski definition) is 3. The summed E-state index contributed by atoms with van der Waals surface area (Å²) in [7, 11) is 0. The van der Waals surface area contributed by atoms with Crippen LogP contribution in [0.3, 0.4) is 0 Å². The second-order valence-corrected chi connectivity index (χ2v) is 4.46. The van der Waals surface area contributed by atoms with Crippen LogP contribution in [-0.4, -0.2) is 27.2 Å². The minimum absolute atomic E-state index is 0.0629. The van der Waals surface area contributed by atoms with Crippen LogP contribution in [-0.2, 0) is 0 Å². The minimum Gasteiger partial charge on any atom is -0.391 e. The van der Waals surface area contributed by atoms with Crippen molar-refractivity contribution in [2.75, 3.05) is 11.1 Å². The zero-order valence-corrected chi connectivity index (χ0v) is 9.87. The molecular weight excluding hydrogens is 236 g/mol. The van der Waals surface area contributed by atoms with Crippen LogP contribution in [0.2, 0.25) is 0 Å². The van der Waals surface area contributed by atoms with Gasteiger partial charge in [0.15, 0.2) is 0 Å². The Labute approximate surface area is 104 Å². The van der Waals surface area contributed by atoms with Crippen molar-refractivity contribution in [3.05, 3.63) is 22.2 Å². The number of hydrogen-bond acceptors (Lipinski definition) is 6. The van der Waals surface area contributed by atoms with E-state index in [-0.39, 0.29) is 17.5 Å². The molecule has 1 aliphatic carbocycles. The van der Waals surface area contributed by atoms with Crippen LogP contribution in [0.1, 0.15) is 25.7 Å². The molecular formula is C11H16N4O3. The summed E-state index contributed by atoms with van der Waals surface area (Å²) in [4.78, 5) is 14.0. The summed E-state index contributed by atoms with van der Waals surface area (Å²) in [6.07, 6.45) is 3.30. The zero-order valence-electron chi connectivity index (χ0n) is 9.87. The Kier molecular flexibility index (Phi) is 3.61. The van der Waals surface area contributed by atoms with Gasteiger partial charge in [-0.25, -0.2) is 4.98 Å². The Hall–Kier alpha value is -1.89. The maximum absolute atomic E-state index is 10.6. The Bertz CT molecular complexity index is 452. The Balaban J connectivity index is 2.10. The summed E-state index contributed by atoms with van der Waals surface area (Å²) in [5, 5.41) is 23.5. The summed E-state index contributed by atoms with van der Waals surface area (Å²) in [6, 6.07) is 2.77. The molecule has 2 rings (SSSR count). The highest BCUT2D eigenvalue weighted by molar-refractivity contribution is 5.57. The molecule has 2 atom stereocenters. The SMILES string of the molecule is Nc1nc(NC2CCCCC2O)ccc1[N+](=O)[O-]. The van der Waals surface area contributed by atoms with E-state index in [9.17, 15) is 15.2 Å². The number of aromatic nitrogens is 1. The fraction of sp³-hybridized carbons (Fsp3) is 0.545. The Morgan fingerprint density at radius 3 is 2.78 bits per heavy atom. The van der Waals surface area contributed by atoms with Crippen LogP contribution in [0.15, 0.2) is 12.1 Å². The lowest BCUT2D eigenvalue weighted by Gasteiger charge is -2.28. The van der Waals surface area contributed by atoms with E-state index in [1.54, 1.807) is 0 Å². The van der Waals surface area contributed by atoms with Gasteiger partial charge in [-0.15, -0.1) is 0 Å². The quantitative estimate of drug-likeness (QED) is 0.551. The summed E-state index contributed by atoms with van der Waals surface area (Å²) in [6.45, 7) is 0. The van der Waals surface area contributed by atoms with Gasteiger partial charge in [-0.05, 0) is 18.9 Å². The zero-order chi connectivity index (χ0) is 13.1. The molecule has 1 aromatic rings. The van der Waals surface area contributed by atoms with Crippen LogP contribution >= 0.6 is 0 Å². The normalized spacial score (nSPS) is 23.6. The number of nitrogens with zero attached hydrogens (tertiary/aromatic N) is 2. The van der Waals surface area contributed by atoms with Gasteiger partial charge in [0.25, 0.3) is 0 Å². The fourth-order valence-corrected chi connectivity index (χ4v) is 2.17. The molecule has 4 N–H and O–H groups in total. The average Bonchev–Trinajstić information content (AvgIpc) is 2.32. The topological polar surface area (TPSA) is 114 Å². The Morgan fingerprint density at radius 2 is 2.17 bits per heavy atom. The van der Waals surface area contributed by atoms with Crippen LogP contribution in [0.25, 0.3) is 0 Å². The van der Waals surface area contributed by atoms with Crippen LogP contribution in [0, 0.1) is 10.1 Å². The third-order valence-corrected chi connectivity index (χ3v) is 3.16. The molecule has 1 heterocycles. The second kappa shape index (κ2) is 5.18. The van der Waals surface area contributed by atoms with Crippen molar-refractivity contribution in [2.45, 2.75) is 37.8 Å². The van der Waals surface area contributed by atoms with E-state index in [2.05, 4.69) is 10.3 Å². The van der Waals surface area contributed by atoms with E-state index >= 15 is 0 Å². The lowest BCUT2D eigenvalue weighted by molar-refractivity contribution is -0.384. The number of nitrogens with one attached hydrogen (secondary N) is 1. The average molecular weight is 252 g/mol. The fourth-order valence-electron chi connectivity index (χ4n) is 2.17. The molecule has 1 aliphatic rings. The van der Waals surface area contributed by atoms with Crippen LogP contribution in [0.5, 0.6) is 0 Å². The van der Waals surface area contributed by atoms with E-state index in [1.165, 1.54) is 12.1 Å². The number of nitrogens with two attached hydrogens (primary N) is 1. The highest BCUT2D eigenvalue weighted by Crippen LogP contribution is 2.24. The standard InChI is InChI=1S/C11H16N4O3/c12-11-8(15(17)18)5-6-10(14-11)13-7-3-1-2-4-9(7)16/h5-7,9,16H,1-4H2,(H3,12,13,14). The molecule has 1 aromatic heterocycles. The van der Waals surface area contributed by atoms with Gasteiger partial charge in [-0.2, -0.15) is 0 Å². The number of aliphatic hydroxyl groups excluding tert-OH is 1. The van der Waals surface area contributed by atoms with Crippen molar-refractivity contribution in [1.82, 2.24) is 4.98 Å². The van der Waals surface area contributed by atoms with Gasteiger partial charge in [0.2, 0.25) is 5.82 Å². The van der Waals surface area contributed by atoms with E-state index in [0.29, 0.717) is 5.82 Å². The molecule has 1 fully saturated rings.